The van der Waals surface area contributed by atoms with E-state index in [1.807, 2.05) is 12.1 Å². The lowest BCUT2D eigenvalue weighted by Gasteiger charge is -2.16. The van der Waals surface area contributed by atoms with Crippen molar-refractivity contribution in [2.45, 2.75) is 0 Å². The van der Waals surface area contributed by atoms with Gasteiger partial charge in [-0.15, -0.1) is 0 Å². The van der Waals surface area contributed by atoms with Crippen LogP contribution >= 0.6 is 0 Å². The van der Waals surface area contributed by atoms with E-state index < -0.39 is 0 Å². The summed E-state index contributed by atoms with van der Waals surface area (Å²) in [6.07, 6.45) is 0. The van der Waals surface area contributed by atoms with E-state index in [0.717, 1.165) is 39.1 Å². The standard InChI is InChI=1S/C40H23N3/c1-2-10-26-23-27(22-21-24(26)9-1)39-40(42-33-18-4-3-17-32(33)41-39)43-34-19-7-15-30-28-13-5-11-25-12-6-14-29(36(25)28)31-16-8-20-35(43)38(31)37(30)34/h1-23H. The van der Waals surface area contributed by atoms with Crippen LogP contribution in [0.4, 0.5) is 0 Å². The van der Waals surface area contributed by atoms with Crippen LogP contribution < -0.4 is 0 Å². The molecule has 2 heterocycles. The molecule has 0 saturated heterocycles. The van der Waals surface area contributed by atoms with Gasteiger partial charge < -0.3 is 0 Å². The molecular weight excluding hydrogens is 522 g/mol. The summed E-state index contributed by atoms with van der Waals surface area (Å²) in [7, 11) is 0. The summed E-state index contributed by atoms with van der Waals surface area (Å²) in [4.78, 5) is 10.6. The van der Waals surface area contributed by atoms with Crippen LogP contribution in [0.15, 0.2) is 140 Å². The fraction of sp³-hybridized carbons (Fsp3) is 0. The van der Waals surface area contributed by atoms with E-state index in [4.69, 9.17) is 9.97 Å². The van der Waals surface area contributed by atoms with Crippen LogP contribution in [-0.2, 0) is 0 Å². The maximum Gasteiger partial charge on any atom is 0.165 e. The zero-order valence-corrected chi connectivity index (χ0v) is 23.1. The van der Waals surface area contributed by atoms with Gasteiger partial charge in [0.2, 0.25) is 0 Å². The van der Waals surface area contributed by atoms with Gasteiger partial charge in [-0.05, 0) is 74.1 Å². The molecule has 0 bridgehead atoms. The zero-order chi connectivity index (χ0) is 28.1. The van der Waals surface area contributed by atoms with Crippen molar-refractivity contribution in [2.75, 3.05) is 0 Å². The Morgan fingerprint density at radius 3 is 1.60 bits per heavy atom. The summed E-state index contributed by atoms with van der Waals surface area (Å²) in [5.74, 6) is 0.843. The highest BCUT2D eigenvalue weighted by molar-refractivity contribution is 6.27. The van der Waals surface area contributed by atoms with E-state index in [9.17, 15) is 0 Å². The molecule has 9 aromatic rings. The first-order chi connectivity index (χ1) is 21.3. The quantitative estimate of drug-likeness (QED) is 0.216. The van der Waals surface area contributed by atoms with Gasteiger partial charge in [0, 0.05) is 16.3 Å². The molecule has 198 valence electrons. The largest absolute Gasteiger partial charge is 0.292 e. The SMILES string of the molecule is c1ccc2cc(-c3nc4ccccc4nc3-n3c4cccc5c4c4c(cccc43)-c3cccc4cccc-5c34)ccc2c1. The number of fused-ring (bicyclic) bond motifs is 4. The molecule has 0 saturated carbocycles. The molecule has 0 spiro atoms. The first-order valence-electron chi connectivity index (χ1n) is 14.7. The molecule has 0 unspecified atom stereocenters. The minimum Gasteiger partial charge on any atom is -0.292 e. The minimum atomic E-state index is 0.843. The fourth-order valence-electron chi connectivity index (χ4n) is 7.25. The number of hydrogen-bond donors (Lipinski definition) is 0. The lowest BCUT2D eigenvalue weighted by atomic mass is 9.93. The van der Waals surface area contributed by atoms with Crippen LogP contribution in [0.25, 0.3) is 93.7 Å². The summed E-state index contributed by atoms with van der Waals surface area (Å²) in [5.41, 5.74) is 11.0. The summed E-state index contributed by atoms with van der Waals surface area (Å²) in [6, 6.07) is 50.0. The van der Waals surface area contributed by atoms with E-state index in [1.165, 1.54) is 54.6 Å². The Labute approximate surface area is 247 Å². The van der Waals surface area contributed by atoms with E-state index in [1.54, 1.807) is 0 Å². The van der Waals surface area contributed by atoms with Crippen molar-refractivity contribution in [1.82, 2.24) is 14.5 Å². The lowest BCUT2D eigenvalue weighted by molar-refractivity contribution is 1.08. The van der Waals surface area contributed by atoms with Crippen molar-refractivity contribution in [3.63, 3.8) is 0 Å². The Bertz CT molecular complexity index is 2530. The average Bonchev–Trinajstić information content (AvgIpc) is 3.35. The molecular formula is C40H23N3. The van der Waals surface area contributed by atoms with Gasteiger partial charge in [-0.3, -0.25) is 4.57 Å². The van der Waals surface area contributed by atoms with Crippen molar-refractivity contribution in [2.24, 2.45) is 0 Å². The van der Waals surface area contributed by atoms with Gasteiger partial charge in [0.05, 0.1) is 22.1 Å². The van der Waals surface area contributed by atoms with Gasteiger partial charge in [0.25, 0.3) is 0 Å². The predicted molar refractivity (Wildman–Crippen MR) is 179 cm³/mol. The molecule has 0 atom stereocenters. The average molecular weight is 546 g/mol. The summed E-state index contributed by atoms with van der Waals surface area (Å²) in [6.45, 7) is 0. The van der Waals surface area contributed by atoms with E-state index >= 15 is 0 Å². The first kappa shape index (κ1) is 22.8. The van der Waals surface area contributed by atoms with Gasteiger partial charge in [0.1, 0.15) is 5.69 Å². The molecule has 1 aliphatic rings. The van der Waals surface area contributed by atoms with Crippen molar-refractivity contribution < 1.29 is 0 Å². The third-order valence-corrected chi connectivity index (χ3v) is 9.09. The van der Waals surface area contributed by atoms with E-state index in [-0.39, 0.29) is 0 Å². The van der Waals surface area contributed by atoms with Crippen molar-refractivity contribution in [1.29, 1.82) is 0 Å². The van der Waals surface area contributed by atoms with Crippen LogP contribution in [-0.4, -0.2) is 14.5 Å². The van der Waals surface area contributed by atoms with Gasteiger partial charge >= 0.3 is 0 Å². The fourth-order valence-corrected chi connectivity index (χ4v) is 7.25. The van der Waals surface area contributed by atoms with Gasteiger partial charge in [-0.2, -0.15) is 0 Å². The Kier molecular flexibility index (Phi) is 4.45. The summed E-state index contributed by atoms with van der Waals surface area (Å²) < 4.78 is 2.34. The van der Waals surface area contributed by atoms with Crippen LogP contribution in [0.5, 0.6) is 0 Å². The topological polar surface area (TPSA) is 30.7 Å². The molecule has 7 aromatic carbocycles. The monoisotopic (exact) mass is 545 g/mol. The minimum absolute atomic E-state index is 0.843. The summed E-state index contributed by atoms with van der Waals surface area (Å²) in [5, 5.41) is 7.50. The van der Waals surface area contributed by atoms with E-state index in [0.29, 0.717) is 0 Å². The number of rotatable bonds is 2. The highest BCUT2D eigenvalue weighted by Gasteiger charge is 2.26. The second-order valence-corrected chi connectivity index (χ2v) is 11.4. The van der Waals surface area contributed by atoms with Crippen LogP contribution in [0, 0.1) is 0 Å². The maximum absolute atomic E-state index is 5.36. The predicted octanol–water partition coefficient (Wildman–Crippen LogP) is 10.3. The maximum atomic E-state index is 5.36. The Balaban J connectivity index is 1.38. The van der Waals surface area contributed by atoms with E-state index in [2.05, 4.69) is 132 Å². The highest BCUT2D eigenvalue weighted by atomic mass is 15.1. The molecule has 3 nitrogen and oxygen atoms in total. The highest BCUT2D eigenvalue weighted by Crippen LogP contribution is 2.49. The van der Waals surface area contributed by atoms with Crippen LogP contribution in [0.3, 0.4) is 0 Å². The lowest BCUT2D eigenvalue weighted by Crippen LogP contribution is -2.04. The number of aromatic nitrogens is 3. The van der Waals surface area contributed by atoms with Crippen LogP contribution in [0.1, 0.15) is 0 Å². The molecule has 0 aliphatic heterocycles. The molecule has 0 amide bonds. The zero-order valence-electron chi connectivity index (χ0n) is 23.1. The third kappa shape index (κ3) is 3.08. The van der Waals surface area contributed by atoms with Crippen molar-refractivity contribution in [3.8, 4) is 39.3 Å². The second kappa shape index (κ2) is 8.37. The van der Waals surface area contributed by atoms with Crippen molar-refractivity contribution >= 4 is 54.4 Å². The number of para-hydroxylation sites is 2. The molecule has 10 rings (SSSR count). The normalized spacial score (nSPS) is 12.2. The number of hydrogen-bond acceptors (Lipinski definition) is 2. The molecule has 2 aromatic heterocycles. The molecule has 0 radical (unpaired) electrons. The van der Waals surface area contributed by atoms with Gasteiger partial charge in [-0.25, -0.2) is 9.97 Å². The van der Waals surface area contributed by atoms with Crippen LogP contribution in [0.2, 0.25) is 0 Å². The third-order valence-electron chi connectivity index (χ3n) is 9.09. The molecule has 3 heteroatoms. The first-order valence-corrected chi connectivity index (χ1v) is 14.7. The Hall–Kier alpha value is -5.80. The molecule has 0 N–H and O–H groups in total. The van der Waals surface area contributed by atoms with Gasteiger partial charge in [-0.1, -0.05) is 109 Å². The number of benzene rings is 7. The van der Waals surface area contributed by atoms with Crippen molar-refractivity contribution in [3.05, 3.63) is 140 Å². The second-order valence-electron chi connectivity index (χ2n) is 11.4. The number of nitrogens with zero attached hydrogens (tertiary/aromatic N) is 3. The molecule has 43 heavy (non-hydrogen) atoms. The molecule has 1 aliphatic carbocycles. The Morgan fingerprint density at radius 2 is 0.930 bits per heavy atom. The Morgan fingerprint density at radius 1 is 0.395 bits per heavy atom. The summed E-state index contributed by atoms with van der Waals surface area (Å²) >= 11 is 0. The molecule has 0 fully saturated rings. The smallest absolute Gasteiger partial charge is 0.165 e. The van der Waals surface area contributed by atoms with Gasteiger partial charge in [0.15, 0.2) is 5.82 Å².